The van der Waals surface area contributed by atoms with Gasteiger partial charge in [0.1, 0.15) is 0 Å². The summed E-state index contributed by atoms with van der Waals surface area (Å²) in [6.07, 6.45) is 3.91. The van der Waals surface area contributed by atoms with E-state index in [9.17, 15) is 0 Å². The quantitative estimate of drug-likeness (QED) is 0.509. The lowest BCUT2D eigenvalue weighted by Crippen LogP contribution is -2.14. The van der Waals surface area contributed by atoms with Gasteiger partial charge in [-0.05, 0) is 18.8 Å². The number of hydrogen-bond donors (Lipinski definition) is 0. The molecular formula is C7H16O. The van der Waals surface area contributed by atoms with Gasteiger partial charge in [-0.15, -0.1) is 0 Å². The minimum absolute atomic E-state index is 0. The second kappa shape index (κ2) is 3.08. The average Bonchev–Trinajstić information content (AvgIpc) is 1.90. The van der Waals surface area contributed by atoms with E-state index in [0.717, 1.165) is 19.1 Å². The maximum Gasteiger partial charge on any atom is 0.0468 e. The largest absolute Gasteiger partial charge is 0.381 e. The van der Waals surface area contributed by atoms with Gasteiger partial charge < -0.3 is 4.74 Å². The summed E-state index contributed by atoms with van der Waals surface area (Å²) < 4.78 is 5.20. The number of hydrogen-bond acceptors (Lipinski definition) is 1. The smallest absolute Gasteiger partial charge is 0.0468 e. The van der Waals surface area contributed by atoms with Gasteiger partial charge in [-0.3, -0.25) is 0 Å². The molecule has 1 nitrogen and oxygen atoms in total. The molecule has 0 aromatic rings. The Bertz CT molecular complexity index is 59.9. The summed E-state index contributed by atoms with van der Waals surface area (Å²) in [5, 5.41) is 0. The monoisotopic (exact) mass is 116 g/mol. The van der Waals surface area contributed by atoms with Crippen LogP contribution in [0.3, 0.4) is 0 Å². The third-order valence-electron chi connectivity index (χ3n) is 1.92. The first kappa shape index (κ1) is 6.09. The standard InChI is InChI=1S/C7H14O.H2/c1-2-7-3-5-8-6-4-7;/h7H,2-6H2,1H3;1H. The van der Waals surface area contributed by atoms with Gasteiger partial charge in [0, 0.05) is 14.6 Å². The van der Waals surface area contributed by atoms with Crippen LogP contribution < -0.4 is 0 Å². The molecule has 8 heavy (non-hydrogen) atoms. The molecule has 0 saturated carbocycles. The van der Waals surface area contributed by atoms with Crippen LogP contribution in [0, 0.1) is 5.92 Å². The summed E-state index contributed by atoms with van der Waals surface area (Å²) in [6, 6.07) is 0. The highest BCUT2D eigenvalue weighted by molar-refractivity contribution is 4.60. The minimum Gasteiger partial charge on any atom is -0.381 e. The summed E-state index contributed by atoms with van der Waals surface area (Å²) in [4.78, 5) is 0. The van der Waals surface area contributed by atoms with Crippen molar-refractivity contribution >= 4 is 0 Å². The SMILES string of the molecule is CCC1CCOCC1.[HH]. The van der Waals surface area contributed by atoms with Gasteiger partial charge in [0.15, 0.2) is 0 Å². The Hall–Kier alpha value is -0.0400. The van der Waals surface area contributed by atoms with Gasteiger partial charge in [-0.25, -0.2) is 0 Å². The third kappa shape index (κ3) is 1.48. The van der Waals surface area contributed by atoms with Crippen molar-refractivity contribution in [3.8, 4) is 0 Å². The molecule has 0 radical (unpaired) electrons. The number of ether oxygens (including phenoxy) is 1. The lowest BCUT2D eigenvalue weighted by atomic mass is 9.98. The highest BCUT2D eigenvalue weighted by Crippen LogP contribution is 2.16. The van der Waals surface area contributed by atoms with Crippen LogP contribution in [-0.4, -0.2) is 13.2 Å². The number of rotatable bonds is 1. The Morgan fingerprint density at radius 1 is 1.50 bits per heavy atom. The predicted octanol–water partition coefficient (Wildman–Crippen LogP) is 2.07. The van der Waals surface area contributed by atoms with Crippen LogP contribution in [0.15, 0.2) is 0 Å². The molecule has 1 fully saturated rings. The molecule has 0 atom stereocenters. The molecule has 0 N–H and O–H groups in total. The Kier molecular flexibility index (Phi) is 2.34. The summed E-state index contributed by atoms with van der Waals surface area (Å²) >= 11 is 0. The molecule has 0 aliphatic carbocycles. The molecule has 1 aliphatic rings. The molecule has 1 heteroatoms. The van der Waals surface area contributed by atoms with E-state index in [-0.39, 0.29) is 1.43 Å². The normalized spacial score (nSPS) is 23.6. The average molecular weight is 116 g/mol. The lowest BCUT2D eigenvalue weighted by molar-refractivity contribution is 0.0654. The first-order valence-corrected chi connectivity index (χ1v) is 3.51. The predicted molar refractivity (Wildman–Crippen MR) is 35.9 cm³/mol. The van der Waals surface area contributed by atoms with E-state index >= 15 is 0 Å². The second-order valence-electron chi connectivity index (χ2n) is 2.46. The fourth-order valence-electron chi connectivity index (χ4n) is 1.15. The maximum atomic E-state index is 5.20. The maximum absolute atomic E-state index is 5.20. The van der Waals surface area contributed by atoms with Gasteiger partial charge in [-0.1, -0.05) is 13.3 Å². The van der Waals surface area contributed by atoms with Gasteiger partial charge in [0.2, 0.25) is 0 Å². The molecule has 0 spiro atoms. The van der Waals surface area contributed by atoms with Crippen molar-refractivity contribution in [2.45, 2.75) is 26.2 Å². The molecule has 0 bridgehead atoms. The highest BCUT2D eigenvalue weighted by atomic mass is 16.5. The van der Waals surface area contributed by atoms with E-state index in [0.29, 0.717) is 0 Å². The van der Waals surface area contributed by atoms with Crippen molar-refractivity contribution in [1.29, 1.82) is 0 Å². The molecule has 1 heterocycles. The Morgan fingerprint density at radius 2 is 2.12 bits per heavy atom. The van der Waals surface area contributed by atoms with Crippen molar-refractivity contribution in [1.82, 2.24) is 0 Å². The molecule has 1 saturated heterocycles. The lowest BCUT2D eigenvalue weighted by Gasteiger charge is -2.19. The highest BCUT2D eigenvalue weighted by Gasteiger charge is 2.09. The van der Waals surface area contributed by atoms with Crippen LogP contribution >= 0.6 is 0 Å². The minimum atomic E-state index is 0. The van der Waals surface area contributed by atoms with Crippen LogP contribution in [0.4, 0.5) is 0 Å². The molecule has 0 amide bonds. The zero-order chi connectivity index (χ0) is 5.82. The molecule has 0 aromatic heterocycles. The Labute approximate surface area is 52.5 Å². The third-order valence-corrected chi connectivity index (χ3v) is 1.92. The molecule has 0 aromatic carbocycles. The van der Waals surface area contributed by atoms with Crippen LogP contribution in [0.2, 0.25) is 0 Å². The molecular weight excluding hydrogens is 100 g/mol. The summed E-state index contributed by atoms with van der Waals surface area (Å²) in [5.41, 5.74) is 0. The van der Waals surface area contributed by atoms with Crippen LogP contribution in [-0.2, 0) is 4.74 Å². The fourth-order valence-corrected chi connectivity index (χ4v) is 1.15. The van der Waals surface area contributed by atoms with Crippen molar-refractivity contribution in [3.63, 3.8) is 0 Å². The van der Waals surface area contributed by atoms with Crippen LogP contribution in [0.25, 0.3) is 0 Å². The Balaban J connectivity index is 0.000000640. The van der Waals surface area contributed by atoms with E-state index in [2.05, 4.69) is 6.92 Å². The summed E-state index contributed by atoms with van der Waals surface area (Å²) in [7, 11) is 0. The second-order valence-corrected chi connectivity index (χ2v) is 2.46. The van der Waals surface area contributed by atoms with E-state index in [1.807, 2.05) is 0 Å². The summed E-state index contributed by atoms with van der Waals surface area (Å²) in [5.74, 6) is 0.962. The van der Waals surface area contributed by atoms with Gasteiger partial charge >= 0.3 is 0 Å². The van der Waals surface area contributed by atoms with E-state index < -0.39 is 0 Å². The van der Waals surface area contributed by atoms with Crippen molar-refractivity contribution in [3.05, 3.63) is 0 Å². The van der Waals surface area contributed by atoms with Crippen LogP contribution in [0.1, 0.15) is 27.6 Å². The van der Waals surface area contributed by atoms with E-state index in [4.69, 9.17) is 4.74 Å². The van der Waals surface area contributed by atoms with Crippen LogP contribution in [0.5, 0.6) is 0 Å². The van der Waals surface area contributed by atoms with Crippen molar-refractivity contribution < 1.29 is 6.16 Å². The molecule has 50 valence electrons. The summed E-state index contributed by atoms with van der Waals surface area (Å²) in [6.45, 7) is 4.26. The zero-order valence-electron chi connectivity index (χ0n) is 5.52. The van der Waals surface area contributed by atoms with Crippen molar-refractivity contribution in [2.24, 2.45) is 5.92 Å². The van der Waals surface area contributed by atoms with E-state index in [1.54, 1.807) is 0 Å². The van der Waals surface area contributed by atoms with Gasteiger partial charge in [0.25, 0.3) is 0 Å². The first-order valence-electron chi connectivity index (χ1n) is 3.51. The Morgan fingerprint density at radius 3 is 2.50 bits per heavy atom. The van der Waals surface area contributed by atoms with Gasteiger partial charge in [-0.2, -0.15) is 0 Å². The van der Waals surface area contributed by atoms with Gasteiger partial charge in [0.05, 0.1) is 0 Å². The fraction of sp³-hybridized carbons (Fsp3) is 1.00. The topological polar surface area (TPSA) is 9.23 Å². The zero-order valence-corrected chi connectivity index (χ0v) is 5.52. The molecule has 0 unspecified atom stereocenters. The molecule has 1 rings (SSSR count). The first-order chi connectivity index (χ1) is 3.93. The van der Waals surface area contributed by atoms with Crippen molar-refractivity contribution in [2.75, 3.05) is 13.2 Å². The molecule has 1 aliphatic heterocycles. The van der Waals surface area contributed by atoms with E-state index in [1.165, 1.54) is 19.3 Å².